The average Bonchev–Trinajstić information content (AvgIpc) is 2.42. The molecule has 0 amide bonds. The van der Waals surface area contributed by atoms with Crippen LogP contribution in [0.1, 0.15) is 51.3 Å². The Labute approximate surface area is 121 Å². The smallest absolute Gasteiger partial charge is 0.322 e. The molecular weight excluding hydrogens is 250 g/mol. The molecule has 2 atom stereocenters. The van der Waals surface area contributed by atoms with Gasteiger partial charge in [-0.2, -0.15) is 0 Å². The van der Waals surface area contributed by atoms with E-state index in [0.29, 0.717) is 6.61 Å². The summed E-state index contributed by atoms with van der Waals surface area (Å²) in [4.78, 5) is 11.9. The van der Waals surface area contributed by atoms with Gasteiger partial charge in [0.15, 0.2) is 0 Å². The lowest BCUT2D eigenvalue weighted by Crippen LogP contribution is -2.45. The maximum Gasteiger partial charge on any atom is 0.322 e. The van der Waals surface area contributed by atoms with Gasteiger partial charge in [0, 0.05) is 6.04 Å². The maximum atomic E-state index is 11.9. The van der Waals surface area contributed by atoms with E-state index >= 15 is 0 Å². The fraction of sp³-hybridized carbons (Fsp3) is 0.588. The molecule has 2 rings (SSSR count). The van der Waals surface area contributed by atoms with Crippen LogP contribution < -0.4 is 5.32 Å². The van der Waals surface area contributed by atoms with Crippen molar-refractivity contribution in [2.24, 2.45) is 5.41 Å². The Kier molecular flexibility index (Phi) is 4.48. The highest BCUT2D eigenvalue weighted by molar-refractivity contribution is 5.75. The molecule has 0 bridgehead atoms. The number of rotatable bonds is 4. The van der Waals surface area contributed by atoms with Gasteiger partial charge in [-0.25, -0.2) is 0 Å². The second-order valence-electron chi connectivity index (χ2n) is 6.26. The first kappa shape index (κ1) is 15.0. The van der Waals surface area contributed by atoms with Crippen molar-refractivity contribution in [1.29, 1.82) is 0 Å². The second-order valence-corrected chi connectivity index (χ2v) is 6.26. The van der Waals surface area contributed by atoms with Gasteiger partial charge in [0.05, 0.1) is 6.61 Å². The summed E-state index contributed by atoms with van der Waals surface area (Å²) in [5, 5.41) is 3.48. The van der Waals surface area contributed by atoms with Crippen LogP contribution in [0.25, 0.3) is 0 Å². The number of aryl methyl sites for hydroxylation is 1. The monoisotopic (exact) mass is 275 g/mol. The molecule has 0 aliphatic heterocycles. The van der Waals surface area contributed by atoms with Crippen molar-refractivity contribution in [2.75, 3.05) is 6.61 Å². The van der Waals surface area contributed by atoms with Crippen LogP contribution in [0.3, 0.4) is 0 Å². The molecule has 3 nitrogen and oxygen atoms in total. The van der Waals surface area contributed by atoms with Crippen LogP contribution in [-0.4, -0.2) is 18.6 Å². The first-order valence-electron chi connectivity index (χ1n) is 7.46. The first-order valence-corrected chi connectivity index (χ1v) is 7.46. The standard InChI is InChI=1S/C17H25NO2/c1-5-20-16(19)12(2)18-15-14-9-7-6-8-13(14)10-11-17(15,3)4/h6-9,12,15,18H,5,10-11H2,1-4H3. The summed E-state index contributed by atoms with van der Waals surface area (Å²) in [5.41, 5.74) is 2.84. The topological polar surface area (TPSA) is 38.3 Å². The van der Waals surface area contributed by atoms with Crippen molar-refractivity contribution in [1.82, 2.24) is 5.32 Å². The minimum Gasteiger partial charge on any atom is -0.465 e. The molecule has 1 aliphatic rings. The Morgan fingerprint density at radius 3 is 2.85 bits per heavy atom. The number of fused-ring (bicyclic) bond motifs is 1. The average molecular weight is 275 g/mol. The number of esters is 1. The van der Waals surface area contributed by atoms with Crippen LogP contribution >= 0.6 is 0 Å². The first-order chi connectivity index (χ1) is 9.45. The molecule has 1 aromatic carbocycles. The van der Waals surface area contributed by atoms with Crippen LogP contribution in [0.2, 0.25) is 0 Å². The summed E-state index contributed by atoms with van der Waals surface area (Å²) >= 11 is 0. The molecule has 0 fully saturated rings. The van der Waals surface area contributed by atoms with Crippen molar-refractivity contribution in [3.05, 3.63) is 35.4 Å². The minimum atomic E-state index is -0.287. The highest BCUT2D eigenvalue weighted by atomic mass is 16.5. The Bertz CT molecular complexity index is 482. The summed E-state index contributed by atoms with van der Waals surface area (Å²) in [6.45, 7) is 8.67. The van der Waals surface area contributed by atoms with E-state index in [-0.39, 0.29) is 23.5 Å². The highest BCUT2D eigenvalue weighted by Gasteiger charge is 2.37. The van der Waals surface area contributed by atoms with Gasteiger partial charge in [-0.3, -0.25) is 10.1 Å². The molecule has 1 aromatic rings. The number of carbonyl (C=O) groups is 1. The van der Waals surface area contributed by atoms with Gasteiger partial charge >= 0.3 is 5.97 Å². The summed E-state index contributed by atoms with van der Waals surface area (Å²) in [5.74, 6) is -0.175. The van der Waals surface area contributed by atoms with Crippen LogP contribution in [0.15, 0.2) is 24.3 Å². The van der Waals surface area contributed by atoms with Crippen LogP contribution in [0.5, 0.6) is 0 Å². The second kappa shape index (κ2) is 5.96. The fourth-order valence-electron chi connectivity index (χ4n) is 2.97. The van der Waals surface area contributed by atoms with Gasteiger partial charge in [0.2, 0.25) is 0 Å². The molecule has 0 spiro atoms. The van der Waals surface area contributed by atoms with Crippen molar-refractivity contribution in [2.45, 2.75) is 52.6 Å². The number of nitrogens with one attached hydrogen (secondary N) is 1. The van der Waals surface area contributed by atoms with E-state index in [9.17, 15) is 4.79 Å². The summed E-state index contributed by atoms with van der Waals surface area (Å²) < 4.78 is 5.10. The van der Waals surface area contributed by atoms with E-state index < -0.39 is 0 Å². The highest BCUT2D eigenvalue weighted by Crippen LogP contribution is 2.43. The van der Waals surface area contributed by atoms with Crippen LogP contribution in [0, 0.1) is 5.41 Å². The zero-order valence-electron chi connectivity index (χ0n) is 12.9. The number of carbonyl (C=O) groups excluding carboxylic acids is 1. The van der Waals surface area contributed by atoms with Gasteiger partial charge in [-0.1, -0.05) is 38.1 Å². The van der Waals surface area contributed by atoms with E-state index in [1.165, 1.54) is 11.1 Å². The van der Waals surface area contributed by atoms with E-state index in [1.54, 1.807) is 0 Å². The van der Waals surface area contributed by atoms with E-state index in [2.05, 4.69) is 43.4 Å². The SMILES string of the molecule is CCOC(=O)C(C)NC1c2ccccc2CCC1(C)C. The van der Waals surface area contributed by atoms with Gasteiger partial charge in [-0.15, -0.1) is 0 Å². The van der Waals surface area contributed by atoms with Gasteiger partial charge in [-0.05, 0) is 43.2 Å². The zero-order chi connectivity index (χ0) is 14.8. The Morgan fingerprint density at radius 1 is 1.45 bits per heavy atom. The fourth-order valence-corrected chi connectivity index (χ4v) is 2.97. The van der Waals surface area contributed by atoms with Gasteiger partial charge in [0.1, 0.15) is 6.04 Å². The van der Waals surface area contributed by atoms with Gasteiger partial charge < -0.3 is 4.74 Å². The number of ether oxygens (including phenoxy) is 1. The predicted molar refractivity (Wildman–Crippen MR) is 80.5 cm³/mol. The normalized spacial score (nSPS) is 21.9. The Balaban J connectivity index is 2.22. The molecule has 3 heteroatoms. The van der Waals surface area contributed by atoms with E-state index in [0.717, 1.165) is 12.8 Å². The number of benzene rings is 1. The summed E-state index contributed by atoms with van der Waals surface area (Å²) in [7, 11) is 0. The third kappa shape index (κ3) is 3.04. The predicted octanol–water partition coefficient (Wildman–Crippen LogP) is 3.24. The maximum absolute atomic E-state index is 11.9. The van der Waals surface area contributed by atoms with Crippen LogP contribution in [0.4, 0.5) is 0 Å². The molecule has 2 unspecified atom stereocenters. The van der Waals surface area contributed by atoms with Crippen molar-refractivity contribution in [3.63, 3.8) is 0 Å². The summed E-state index contributed by atoms with van der Waals surface area (Å²) in [6.07, 6.45) is 2.23. The lowest BCUT2D eigenvalue weighted by Gasteiger charge is -2.41. The molecule has 1 aliphatic carbocycles. The van der Waals surface area contributed by atoms with E-state index in [1.807, 2.05) is 13.8 Å². The van der Waals surface area contributed by atoms with Crippen LogP contribution in [-0.2, 0) is 16.0 Å². The number of hydrogen-bond acceptors (Lipinski definition) is 3. The molecule has 0 saturated heterocycles. The molecular formula is C17H25NO2. The van der Waals surface area contributed by atoms with E-state index in [4.69, 9.17) is 4.74 Å². The molecule has 1 N–H and O–H groups in total. The minimum absolute atomic E-state index is 0.134. The molecule has 110 valence electrons. The lowest BCUT2D eigenvalue weighted by molar-refractivity contribution is -0.145. The summed E-state index contributed by atoms with van der Waals surface area (Å²) in [6, 6.07) is 8.42. The Morgan fingerprint density at radius 2 is 2.15 bits per heavy atom. The van der Waals surface area contributed by atoms with Crippen molar-refractivity contribution < 1.29 is 9.53 Å². The number of hydrogen-bond donors (Lipinski definition) is 1. The molecule has 0 heterocycles. The van der Waals surface area contributed by atoms with Crippen molar-refractivity contribution in [3.8, 4) is 0 Å². The largest absolute Gasteiger partial charge is 0.465 e. The molecule has 0 radical (unpaired) electrons. The zero-order valence-corrected chi connectivity index (χ0v) is 12.9. The Hall–Kier alpha value is -1.35. The van der Waals surface area contributed by atoms with Crippen molar-refractivity contribution >= 4 is 5.97 Å². The molecule has 20 heavy (non-hydrogen) atoms. The third-order valence-electron chi connectivity index (χ3n) is 4.24. The third-order valence-corrected chi connectivity index (χ3v) is 4.24. The van der Waals surface area contributed by atoms with Gasteiger partial charge in [0.25, 0.3) is 0 Å². The molecule has 0 saturated carbocycles. The lowest BCUT2D eigenvalue weighted by atomic mass is 9.70. The quantitative estimate of drug-likeness (QED) is 0.857. The molecule has 0 aromatic heterocycles.